The molecule has 2 heteroatoms. The SMILES string of the molecule is C=C(C)C(=O)NCCCCCCCCCCCCCCCCC. The molecule has 0 aromatic carbocycles. The van der Waals surface area contributed by atoms with Crippen LogP contribution in [-0.2, 0) is 4.79 Å². The van der Waals surface area contributed by atoms with E-state index in [1.54, 1.807) is 6.92 Å². The average molecular weight is 324 g/mol. The molecule has 0 spiro atoms. The summed E-state index contributed by atoms with van der Waals surface area (Å²) in [6.45, 7) is 8.46. The number of hydrogen-bond donors (Lipinski definition) is 1. The van der Waals surface area contributed by atoms with Gasteiger partial charge in [0.25, 0.3) is 0 Å². The van der Waals surface area contributed by atoms with E-state index in [1.165, 1.54) is 89.9 Å². The van der Waals surface area contributed by atoms with Crippen LogP contribution in [0.4, 0.5) is 0 Å². The number of carbonyl (C=O) groups excluding carboxylic acids is 1. The number of unbranched alkanes of at least 4 members (excludes halogenated alkanes) is 14. The quantitative estimate of drug-likeness (QED) is 0.239. The minimum absolute atomic E-state index is 0.00429. The van der Waals surface area contributed by atoms with Crippen LogP contribution in [0.3, 0.4) is 0 Å². The third kappa shape index (κ3) is 17.4. The average Bonchev–Trinajstić information content (AvgIpc) is 2.54. The van der Waals surface area contributed by atoms with Crippen molar-refractivity contribution in [1.29, 1.82) is 0 Å². The predicted molar refractivity (Wildman–Crippen MR) is 103 cm³/mol. The first kappa shape index (κ1) is 22.2. The van der Waals surface area contributed by atoms with Gasteiger partial charge in [0.05, 0.1) is 0 Å². The second-order valence-electron chi connectivity index (χ2n) is 6.99. The van der Waals surface area contributed by atoms with E-state index in [-0.39, 0.29) is 5.91 Å². The molecule has 0 saturated heterocycles. The van der Waals surface area contributed by atoms with Crippen molar-refractivity contribution in [2.45, 2.75) is 110 Å². The first-order chi connectivity index (χ1) is 11.2. The van der Waals surface area contributed by atoms with Crippen LogP contribution in [0.5, 0.6) is 0 Å². The fourth-order valence-corrected chi connectivity index (χ4v) is 2.85. The van der Waals surface area contributed by atoms with Gasteiger partial charge in [-0.05, 0) is 13.3 Å². The van der Waals surface area contributed by atoms with Crippen LogP contribution in [-0.4, -0.2) is 12.5 Å². The molecule has 0 aromatic rings. The molecule has 1 N–H and O–H groups in total. The summed E-state index contributed by atoms with van der Waals surface area (Å²) in [7, 11) is 0. The summed E-state index contributed by atoms with van der Waals surface area (Å²) in [4.78, 5) is 11.3. The fourth-order valence-electron chi connectivity index (χ4n) is 2.85. The summed E-state index contributed by atoms with van der Waals surface area (Å²) in [6, 6.07) is 0. The largest absolute Gasteiger partial charge is 0.352 e. The van der Waals surface area contributed by atoms with Crippen molar-refractivity contribution in [2.24, 2.45) is 0 Å². The van der Waals surface area contributed by atoms with Crippen LogP contribution < -0.4 is 5.32 Å². The maximum Gasteiger partial charge on any atom is 0.246 e. The Balaban J connectivity index is 3.05. The normalized spacial score (nSPS) is 10.7. The second kappa shape index (κ2) is 17.6. The molecule has 0 radical (unpaired) electrons. The number of rotatable bonds is 17. The molecule has 0 aliphatic heterocycles. The number of carbonyl (C=O) groups is 1. The van der Waals surface area contributed by atoms with Crippen LogP contribution in [0.15, 0.2) is 12.2 Å². The fraction of sp³-hybridized carbons (Fsp3) is 0.857. The zero-order valence-electron chi connectivity index (χ0n) is 15.9. The van der Waals surface area contributed by atoms with Crippen LogP contribution in [0.25, 0.3) is 0 Å². The maximum atomic E-state index is 11.3. The Hall–Kier alpha value is -0.790. The lowest BCUT2D eigenvalue weighted by Gasteiger charge is -2.05. The van der Waals surface area contributed by atoms with Crippen molar-refractivity contribution < 1.29 is 4.79 Å². The van der Waals surface area contributed by atoms with Crippen LogP contribution in [0.2, 0.25) is 0 Å². The molecule has 0 unspecified atom stereocenters. The third-order valence-electron chi connectivity index (χ3n) is 4.45. The summed E-state index contributed by atoms with van der Waals surface area (Å²) in [5.74, 6) is -0.00429. The molecule has 0 atom stereocenters. The first-order valence-corrected chi connectivity index (χ1v) is 10.1. The van der Waals surface area contributed by atoms with Crippen LogP contribution in [0, 0.1) is 0 Å². The maximum absolute atomic E-state index is 11.3. The van der Waals surface area contributed by atoms with Gasteiger partial charge in [0.1, 0.15) is 0 Å². The van der Waals surface area contributed by atoms with Crippen LogP contribution in [0.1, 0.15) is 110 Å². The molecule has 1 amide bonds. The Morgan fingerprint density at radius 3 is 1.39 bits per heavy atom. The third-order valence-corrected chi connectivity index (χ3v) is 4.45. The molecule has 136 valence electrons. The minimum atomic E-state index is -0.00429. The highest BCUT2D eigenvalue weighted by Gasteiger charge is 1.99. The van der Waals surface area contributed by atoms with Gasteiger partial charge in [-0.25, -0.2) is 0 Å². The van der Waals surface area contributed by atoms with E-state index in [9.17, 15) is 4.79 Å². The van der Waals surface area contributed by atoms with Gasteiger partial charge in [0, 0.05) is 12.1 Å². The van der Waals surface area contributed by atoms with Crippen molar-refractivity contribution in [3.63, 3.8) is 0 Å². The Kier molecular flexibility index (Phi) is 17.0. The highest BCUT2D eigenvalue weighted by molar-refractivity contribution is 5.91. The van der Waals surface area contributed by atoms with Gasteiger partial charge < -0.3 is 5.32 Å². The molecule has 0 saturated carbocycles. The summed E-state index contributed by atoms with van der Waals surface area (Å²) in [5.41, 5.74) is 0.603. The van der Waals surface area contributed by atoms with Crippen LogP contribution >= 0.6 is 0 Å². The molecule has 0 aliphatic carbocycles. The van der Waals surface area contributed by atoms with Gasteiger partial charge in [-0.15, -0.1) is 0 Å². The van der Waals surface area contributed by atoms with E-state index in [2.05, 4.69) is 18.8 Å². The Morgan fingerprint density at radius 1 is 0.696 bits per heavy atom. The summed E-state index contributed by atoms with van der Waals surface area (Å²) >= 11 is 0. The molecular weight excluding hydrogens is 282 g/mol. The lowest BCUT2D eigenvalue weighted by molar-refractivity contribution is -0.117. The van der Waals surface area contributed by atoms with Gasteiger partial charge >= 0.3 is 0 Å². The Labute approximate surface area is 145 Å². The van der Waals surface area contributed by atoms with E-state index < -0.39 is 0 Å². The van der Waals surface area contributed by atoms with Crippen molar-refractivity contribution in [1.82, 2.24) is 5.32 Å². The molecule has 23 heavy (non-hydrogen) atoms. The van der Waals surface area contributed by atoms with Crippen molar-refractivity contribution in [3.05, 3.63) is 12.2 Å². The van der Waals surface area contributed by atoms with Gasteiger partial charge in [-0.2, -0.15) is 0 Å². The van der Waals surface area contributed by atoms with Gasteiger partial charge in [-0.3, -0.25) is 4.79 Å². The van der Waals surface area contributed by atoms with Gasteiger partial charge in [0.2, 0.25) is 5.91 Å². The molecule has 0 aromatic heterocycles. The number of hydrogen-bond acceptors (Lipinski definition) is 1. The molecule has 0 rings (SSSR count). The van der Waals surface area contributed by atoms with Crippen molar-refractivity contribution in [2.75, 3.05) is 6.54 Å². The minimum Gasteiger partial charge on any atom is -0.352 e. The monoisotopic (exact) mass is 323 g/mol. The molecule has 0 fully saturated rings. The summed E-state index contributed by atoms with van der Waals surface area (Å²) < 4.78 is 0. The molecular formula is C21H41NO. The Bertz CT molecular complexity index is 286. The van der Waals surface area contributed by atoms with E-state index in [0.29, 0.717) is 5.57 Å². The van der Waals surface area contributed by atoms with E-state index >= 15 is 0 Å². The molecule has 2 nitrogen and oxygen atoms in total. The highest BCUT2D eigenvalue weighted by atomic mass is 16.1. The number of amides is 1. The predicted octanol–water partition coefficient (Wildman–Crippen LogP) is 6.55. The molecule has 0 heterocycles. The molecule has 0 bridgehead atoms. The van der Waals surface area contributed by atoms with Gasteiger partial charge in [0.15, 0.2) is 0 Å². The first-order valence-electron chi connectivity index (χ1n) is 10.1. The van der Waals surface area contributed by atoms with Crippen molar-refractivity contribution >= 4 is 5.91 Å². The van der Waals surface area contributed by atoms with Gasteiger partial charge in [-0.1, -0.05) is 103 Å². The molecule has 0 aliphatic rings. The van der Waals surface area contributed by atoms with Crippen molar-refractivity contribution in [3.8, 4) is 0 Å². The van der Waals surface area contributed by atoms with E-state index in [4.69, 9.17) is 0 Å². The zero-order chi connectivity index (χ0) is 17.2. The topological polar surface area (TPSA) is 29.1 Å². The lowest BCUT2D eigenvalue weighted by atomic mass is 10.0. The lowest BCUT2D eigenvalue weighted by Crippen LogP contribution is -2.24. The smallest absolute Gasteiger partial charge is 0.246 e. The zero-order valence-corrected chi connectivity index (χ0v) is 15.9. The highest BCUT2D eigenvalue weighted by Crippen LogP contribution is 2.13. The summed E-state index contributed by atoms with van der Waals surface area (Å²) in [5, 5.41) is 2.89. The van der Waals surface area contributed by atoms with E-state index in [1.807, 2.05) is 0 Å². The van der Waals surface area contributed by atoms with E-state index in [0.717, 1.165) is 13.0 Å². The second-order valence-corrected chi connectivity index (χ2v) is 6.99. The summed E-state index contributed by atoms with van der Waals surface area (Å²) in [6.07, 6.45) is 20.6. The Morgan fingerprint density at radius 2 is 1.04 bits per heavy atom. The standard InChI is InChI=1S/C21H41NO/c1-4-5-6-7-8-9-10-11-12-13-14-15-16-17-18-19-22-21(23)20(2)3/h2,4-19H2,1,3H3,(H,22,23). The number of nitrogens with one attached hydrogen (secondary N) is 1.